The lowest BCUT2D eigenvalue weighted by atomic mass is 10.2. The third kappa shape index (κ3) is 4.27. The molecule has 1 aliphatic rings. The van der Waals surface area contributed by atoms with Crippen LogP contribution in [0.1, 0.15) is 35.9 Å². The summed E-state index contributed by atoms with van der Waals surface area (Å²) in [5.74, 6) is 0.738. The molecule has 1 N–H and O–H groups in total. The zero-order valence-corrected chi connectivity index (χ0v) is 17.1. The predicted octanol–water partition coefficient (Wildman–Crippen LogP) is 2.08. The first-order valence-electron chi connectivity index (χ1n) is 9.72. The van der Waals surface area contributed by atoms with Crippen LogP contribution in [0.4, 0.5) is 4.79 Å². The van der Waals surface area contributed by atoms with Gasteiger partial charge in [-0.1, -0.05) is 0 Å². The van der Waals surface area contributed by atoms with Crippen molar-refractivity contribution in [3.63, 3.8) is 0 Å². The van der Waals surface area contributed by atoms with Gasteiger partial charge in [0.1, 0.15) is 5.82 Å². The number of nitrogens with one attached hydrogen (secondary N) is 1. The van der Waals surface area contributed by atoms with Gasteiger partial charge in [0, 0.05) is 46.4 Å². The van der Waals surface area contributed by atoms with Crippen molar-refractivity contribution in [2.75, 3.05) is 34.3 Å². The number of amides is 3. The van der Waals surface area contributed by atoms with Crippen molar-refractivity contribution in [1.82, 2.24) is 24.7 Å². The molecule has 0 saturated carbocycles. The quantitative estimate of drug-likeness (QED) is 0.823. The topological polar surface area (TPSA) is 79.7 Å². The minimum Gasteiger partial charge on any atom is -0.376 e. The highest BCUT2D eigenvalue weighted by atomic mass is 16.5. The minimum absolute atomic E-state index is 0.0554. The number of urea groups is 1. The number of benzene rings is 1. The van der Waals surface area contributed by atoms with Crippen molar-refractivity contribution < 1.29 is 14.3 Å². The zero-order valence-electron chi connectivity index (χ0n) is 17.1. The summed E-state index contributed by atoms with van der Waals surface area (Å²) < 4.78 is 7.62. The van der Waals surface area contributed by atoms with Crippen molar-refractivity contribution in [2.24, 2.45) is 0 Å². The average molecular weight is 387 g/mol. The molecule has 1 saturated heterocycles. The molecule has 0 bridgehead atoms. The van der Waals surface area contributed by atoms with Crippen LogP contribution >= 0.6 is 0 Å². The molecule has 1 atom stereocenters. The lowest BCUT2D eigenvalue weighted by molar-refractivity contribution is 0.0827. The molecule has 1 aliphatic heterocycles. The summed E-state index contributed by atoms with van der Waals surface area (Å²) in [4.78, 5) is 32.5. The van der Waals surface area contributed by atoms with Crippen molar-refractivity contribution in [3.05, 3.63) is 29.6 Å². The monoisotopic (exact) mass is 387 g/mol. The number of carbonyl (C=O) groups is 2. The molecule has 0 spiro atoms. The van der Waals surface area contributed by atoms with Gasteiger partial charge in [-0.3, -0.25) is 4.79 Å². The lowest BCUT2D eigenvalue weighted by Gasteiger charge is -2.19. The number of ether oxygens (including phenoxy) is 1. The molecule has 0 aliphatic carbocycles. The van der Waals surface area contributed by atoms with Crippen LogP contribution in [-0.4, -0.2) is 71.7 Å². The van der Waals surface area contributed by atoms with Crippen LogP contribution in [0.5, 0.6) is 0 Å². The van der Waals surface area contributed by atoms with Gasteiger partial charge >= 0.3 is 6.03 Å². The molecule has 3 rings (SSSR count). The molecule has 28 heavy (non-hydrogen) atoms. The van der Waals surface area contributed by atoms with Gasteiger partial charge in [-0.25, -0.2) is 9.78 Å². The highest BCUT2D eigenvalue weighted by Gasteiger charge is 2.19. The highest BCUT2D eigenvalue weighted by Crippen LogP contribution is 2.20. The maximum atomic E-state index is 12.4. The Balaban J connectivity index is 1.73. The summed E-state index contributed by atoms with van der Waals surface area (Å²) in [5, 5.41) is 2.93. The number of carbonyl (C=O) groups excluding carboxylic acids is 2. The summed E-state index contributed by atoms with van der Waals surface area (Å²) in [5.41, 5.74) is 2.33. The molecule has 152 valence electrons. The van der Waals surface area contributed by atoms with Gasteiger partial charge in [0.25, 0.3) is 5.91 Å². The molecule has 8 heteroatoms. The van der Waals surface area contributed by atoms with Gasteiger partial charge in [0.05, 0.1) is 23.7 Å². The molecular weight excluding hydrogens is 358 g/mol. The number of imidazole rings is 1. The molecule has 1 fully saturated rings. The van der Waals surface area contributed by atoms with E-state index >= 15 is 0 Å². The van der Waals surface area contributed by atoms with Crippen molar-refractivity contribution in [2.45, 2.75) is 39.0 Å². The Bertz CT molecular complexity index is 855. The van der Waals surface area contributed by atoms with E-state index in [1.807, 2.05) is 25.1 Å². The van der Waals surface area contributed by atoms with E-state index in [9.17, 15) is 9.59 Å². The first-order valence-corrected chi connectivity index (χ1v) is 9.72. The Kier molecular flexibility index (Phi) is 6.18. The molecule has 0 radical (unpaired) electrons. The average Bonchev–Trinajstić information content (AvgIpc) is 3.31. The minimum atomic E-state index is -0.145. The molecule has 1 aromatic carbocycles. The van der Waals surface area contributed by atoms with Crippen LogP contribution in [0.15, 0.2) is 18.2 Å². The van der Waals surface area contributed by atoms with Crippen molar-refractivity contribution in [3.8, 4) is 0 Å². The fourth-order valence-electron chi connectivity index (χ4n) is 3.47. The maximum Gasteiger partial charge on any atom is 0.317 e. The largest absolute Gasteiger partial charge is 0.376 e. The molecular formula is C20H29N5O3. The standard InChI is InChI=1S/C20H29N5O3/c1-5-25-17-9-8-14(19(26)23(2)3)11-16(17)22-18(25)13-24(4)20(27)21-12-15-7-6-10-28-15/h8-9,11,15H,5-7,10,12-13H2,1-4H3,(H,21,27). The van der Waals surface area contributed by atoms with Gasteiger partial charge in [-0.15, -0.1) is 0 Å². The number of hydrogen-bond donors (Lipinski definition) is 1. The van der Waals surface area contributed by atoms with Crippen LogP contribution in [0, 0.1) is 0 Å². The number of nitrogens with zero attached hydrogens (tertiary/aromatic N) is 4. The zero-order chi connectivity index (χ0) is 20.3. The fourth-order valence-corrected chi connectivity index (χ4v) is 3.47. The number of aryl methyl sites for hydroxylation is 1. The lowest BCUT2D eigenvalue weighted by Crippen LogP contribution is -2.40. The first-order chi connectivity index (χ1) is 13.4. The van der Waals surface area contributed by atoms with E-state index in [0.717, 1.165) is 42.9 Å². The third-order valence-electron chi connectivity index (χ3n) is 5.03. The summed E-state index contributed by atoms with van der Waals surface area (Å²) >= 11 is 0. The first kappa shape index (κ1) is 20.1. The van der Waals surface area contributed by atoms with Crippen molar-refractivity contribution >= 4 is 23.0 Å². The molecule has 2 heterocycles. The Morgan fingerprint density at radius 2 is 2.11 bits per heavy atom. The maximum absolute atomic E-state index is 12.4. The summed E-state index contributed by atoms with van der Waals surface area (Å²) in [7, 11) is 5.21. The predicted molar refractivity (Wildman–Crippen MR) is 107 cm³/mol. The van der Waals surface area contributed by atoms with E-state index in [1.165, 1.54) is 0 Å². The Hall–Kier alpha value is -2.61. The Morgan fingerprint density at radius 3 is 2.75 bits per heavy atom. The van der Waals surface area contributed by atoms with Gasteiger partial charge in [-0.2, -0.15) is 0 Å². The highest BCUT2D eigenvalue weighted by molar-refractivity contribution is 5.97. The number of fused-ring (bicyclic) bond motifs is 1. The summed E-state index contributed by atoms with van der Waals surface area (Å²) in [6.07, 6.45) is 2.16. The van der Waals surface area contributed by atoms with Gasteiger partial charge < -0.3 is 24.4 Å². The van der Waals surface area contributed by atoms with E-state index in [2.05, 4.69) is 9.88 Å². The van der Waals surface area contributed by atoms with E-state index in [4.69, 9.17) is 9.72 Å². The van der Waals surface area contributed by atoms with E-state index in [-0.39, 0.29) is 18.0 Å². The molecule has 3 amide bonds. The van der Waals surface area contributed by atoms with Crippen LogP contribution in [0.25, 0.3) is 11.0 Å². The van der Waals surface area contributed by atoms with Gasteiger partial charge in [-0.05, 0) is 38.0 Å². The summed E-state index contributed by atoms with van der Waals surface area (Å²) in [6, 6.07) is 5.41. The fraction of sp³-hybridized carbons (Fsp3) is 0.550. The Labute approximate surface area is 165 Å². The number of hydrogen-bond acceptors (Lipinski definition) is 4. The third-order valence-corrected chi connectivity index (χ3v) is 5.03. The van der Waals surface area contributed by atoms with Crippen LogP contribution in [0.2, 0.25) is 0 Å². The molecule has 8 nitrogen and oxygen atoms in total. The normalized spacial score (nSPS) is 16.4. The number of aromatic nitrogens is 2. The second-order valence-corrected chi connectivity index (χ2v) is 7.35. The summed E-state index contributed by atoms with van der Waals surface area (Å²) in [6.45, 7) is 4.47. The second-order valence-electron chi connectivity index (χ2n) is 7.35. The van der Waals surface area contributed by atoms with Crippen LogP contribution in [0.3, 0.4) is 0 Å². The molecule has 1 unspecified atom stereocenters. The molecule has 1 aromatic heterocycles. The van der Waals surface area contributed by atoms with Crippen molar-refractivity contribution in [1.29, 1.82) is 0 Å². The van der Waals surface area contributed by atoms with Crippen LogP contribution in [-0.2, 0) is 17.8 Å². The van der Waals surface area contributed by atoms with E-state index in [0.29, 0.717) is 18.7 Å². The van der Waals surface area contributed by atoms with E-state index in [1.54, 1.807) is 30.9 Å². The van der Waals surface area contributed by atoms with Crippen LogP contribution < -0.4 is 5.32 Å². The SMILES string of the molecule is CCn1c(CN(C)C(=O)NCC2CCCO2)nc2cc(C(=O)N(C)C)ccc21. The van der Waals surface area contributed by atoms with E-state index < -0.39 is 0 Å². The van der Waals surface area contributed by atoms with Gasteiger partial charge in [0.2, 0.25) is 0 Å². The smallest absolute Gasteiger partial charge is 0.317 e. The number of rotatable bonds is 6. The second kappa shape index (κ2) is 8.60. The van der Waals surface area contributed by atoms with Gasteiger partial charge in [0.15, 0.2) is 0 Å². The Morgan fingerprint density at radius 1 is 1.32 bits per heavy atom. The molecule has 2 aromatic rings.